The summed E-state index contributed by atoms with van der Waals surface area (Å²) in [6.07, 6.45) is 3.11. The minimum atomic E-state index is -0.664. The first kappa shape index (κ1) is 8.21. The molecule has 0 spiro atoms. The van der Waals surface area contributed by atoms with Gasteiger partial charge in [0.15, 0.2) is 5.78 Å². The van der Waals surface area contributed by atoms with Crippen molar-refractivity contribution in [1.82, 2.24) is 0 Å². The van der Waals surface area contributed by atoms with E-state index in [9.17, 15) is 9.90 Å². The number of aliphatic hydroxyl groups is 1. The summed E-state index contributed by atoms with van der Waals surface area (Å²) in [5, 5.41) is 9.30. The van der Waals surface area contributed by atoms with Crippen molar-refractivity contribution in [3.63, 3.8) is 0 Å². The second-order valence-corrected chi connectivity index (χ2v) is 2.72. The van der Waals surface area contributed by atoms with E-state index in [1.807, 2.05) is 13.8 Å². The van der Waals surface area contributed by atoms with E-state index >= 15 is 0 Å². The Labute approximate surface area is 66.2 Å². The summed E-state index contributed by atoms with van der Waals surface area (Å²) in [7, 11) is 0. The van der Waals surface area contributed by atoms with Crippen LogP contribution in [0.5, 0.6) is 0 Å². The Morgan fingerprint density at radius 2 is 2.36 bits per heavy atom. The molecule has 60 valence electrons. The van der Waals surface area contributed by atoms with E-state index in [4.69, 9.17) is 0 Å². The van der Waals surface area contributed by atoms with Crippen LogP contribution >= 0.6 is 0 Å². The van der Waals surface area contributed by atoms with Gasteiger partial charge in [-0.3, -0.25) is 4.79 Å². The standard InChI is InChI=1S/C9H12O2/c1-3-6(2)9-7(10)4-5-8(9)11/h4-5,7,10H,3H2,1-2H3/b9-6-. The van der Waals surface area contributed by atoms with E-state index < -0.39 is 6.10 Å². The van der Waals surface area contributed by atoms with Crippen molar-refractivity contribution in [2.24, 2.45) is 0 Å². The maximum Gasteiger partial charge on any atom is 0.184 e. The predicted molar refractivity (Wildman–Crippen MR) is 43.1 cm³/mol. The van der Waals surface area contributed by atoms with Gasteiger partial charge in [0.25, 0.3) is 0 Å². The molecule has 2 nitrogen and oxygen atoms in total. The van der Waals surface area contributed by atoms with Gasteiger partial charge in [0, 0.05) is 5.57 Å². The lowest BCUT2D eigenvalue weighted by Crippen LogP contribution is -2.09. The Bertz CT molecular complexity index is 236. The normalized spacial score (nSPS) is 27.9. The molecule has 1 aliphatic carbocycles. The summed E-state index contributed by atoms with van der Waals surface area (Å²) in [6, 6.07) is 0. The van der Waals surface area contributed by atoms with Crippen molar-refractivity contribution in [1.29, 1.82) is 0 Å². The van der Waals surface area contributed by atoms with Crippen LogP contribution in [0.1, 0.15) is 20.3 Å². The fourth-order valence-electron chi connectivity index (χ4n) is 1.16. The molecular weight excluding hydrogens is 140 g/mol. The quantitative estimate of drug-likeness (QED) is 0.573. The third-order valence-electron chi connectivity index (χ3n) is 1.98. The zero-order valence-corrected chi connectivity index (χ0v) is 6.79. The molecule has 1 atom stereocenters. The highest BCUT2D eigenvalue weighted by Crippen LogP contribution is 2.19. The van der Waals surface area contributed by atoms with E-state index in [-0.39, 0.29) is 5.78 Å². The zero-order valence-electron chi connectivity index (χ0n) is 6.79. The van der Waals surface area contributed by atoms with Gasteiger partial charge in [-0.05, 0) is 25.5 Å². The third-order valence-corrected chi connectivity index (χ3v) is 1.98. The molecule has 0 aromatic rings. The average Bonchev–Trinajstić information content (AvgIpc) is 2.30. The molecule has 1 aliphatic rings. The zero-order chi connectivity index (χ0) is 8.43. The van der Waals surface area contributed by atoms with Gasteiger partial charge < -0.3 is 5.11 Å². The second kappa shape index (κ2) is 3.01. The lowest BCUT2D eigenvalue weighted by molar-refractivity contribution is -0.111. The Morgan fingerprint density at radius 1 is 1.73 bits per heavy atom. The van der Waals surface area contributed by atoms with Gasteiger partial charge >= 0.3 is 0 Å². The first-order valence-electron chi connectivity index (χ1n) is 3.77. The average molecular weight is 152 g/mol. The Balaban J connectivity index is 2.97. The number of allylic oxidation sites excluding steroid dienone is 2. The van der Waals surface area contributed by atoms with Crippen LogP contribution in [-0.4, -0.2) is 17.0 Å². The van der Waals surface area contributed by atoms with Crippen LogP contribution in [0.3, 0.4) is 0 Å². The van der Waals surface area contributed by atoms with E-state index in [1.54, 1.807) is 0 Å². The van der Waals surface area contributed by atoms with Crippen molar-refractivity contribution in [2.45, 2.75) is 26.4 Å². The third kappa shape index (κ3) is 1.40. The van der Waals surface area contributed by atoms with Gasteiger partial charge in [0.2, 0.25) is 0 Å². The number of carbonyl (C=O) groups excluding carboxylic acids is 1. The molecule has 0 saturated carbocycles. The summed E-state index contributed by atoms with van der Waals surface area (Å²) >= 11 is 0. The highest BCUT2D eigenvalue weighted by atomic mass is 16.3. The maximum absolute atomic E-state index is 11.1. The Kier molecular flexibility index (Phi) is 2.25. The van der Waals surface area contributed by atoms with Crippen molar-refractivity contribution in [3.8, 4) is 0 Å². The van der Waals surface area contributed by atoms with Crippen LogP contribution in [0.15, 0.2) is 23.3 Å². The van der Waals surface area contributed by atoms with E-state index in [1.165, 1.54) is 12.2 Å². The molecule has 1 N–H and O–H groups in total. The van der Waals surface area contributed by atoms with Gasteiger partial charge in [0.1, 0.15) is 6.10 Å². The molecule has 11 heavy (non-hydrogen) atoms. The topological polar surface area (TPSA) is 37.3 Å². The minimum Gasteiger partial charge on any atom is -0.384 e. The predicted octanol–water partition coefficient (Wildman–Crippen LogP) is 1.21. The SMILES string of the molecule is CC/C(C)=C1\C(=O)C=CC1O. The summed E-state index contributed by atoms with van der Waals surface area (Å²) in [5.41, 5.74) is 1.54. The van der Waals surface area contributed by atoms with Gasteiger partial charge in [-0.1, -0.05) is 12.5 Å². The van der Waals surface area contributed by atoms with Gasteiger partial charge in [-0.15, -0.1) is 0 Å². The molecule has 0 aromatic heterocycles. The van der Waals surface area contributed by atoms with Crippen LogP contribution in [0.4, 0.5) is 0 Å². The smallest absolute Gasteiger partial charge is 0.184 e. The first-order valence-corrected chi connectivity index (χ1v) is 3.77. The second-order valence-electron chi connectivity index (χ2n) is 2.72. The molecule has 0 heterocycles. The highest BCUT2D eigenvalue weighted by molar-refractivity contribution is 6.08. The molecule has 1 unspecified atom stereocenters. The molecular formula is C9H12O2. The molecule has 0 radical (unpaired) electrons. The van der Waals surface area contributed by atoms with Crippen LogP contribution in [0.25, 0.3) is 0 Å². The fraction of sp³-hybridized carbons (Fsp3) is 0.444. The van der Waals surface area contributed by atoms with E-state index in [2.05, 4.69) is 0 Å². The Hall–Kier alpha value is -0.890. The number of hydrogen-bond acceptors (Lipinski definition) is 2. The number of rotatable bonds is 1. The van der Waals surface area contributed by atoms with Crippen LogP contribution < -0.4 is 0 Å². The Morgan fingerprint density at radius 3 is 2.73 bits per heavy atom. The molecule has 2 heteroatoms. The maximum atomic E-state index is 11.1. The summed E-state index contributed by atoms with van der Waals surface area (Å²) in [6.45, 7) is 3.85. The lowest BCUT2D eigenvalue weighted by Gasteiger charge is -2.05. The van der Waals surface area contributed by atoms with E-state index in [0.29, 0.717) is 5.57 Å². The number of aliphatic hydroxyl groups excluding tert-OH is 1. The highest BCUT2D eigenvalue weighted by Gasteiger charge is 2.21. The van der Waals surface area contributed by atoms with Crippen molar-refractivity contribution < 1.29 is 9.90 Å². The molecule has 0 aliphatic heterocycles. The largest absolute Gasteiger partial charge is 0.384 e. The molecule has 0 amide bonds. The van der Waals surface area contributed by atoms with Crippen LogP contribution in [0.2, 0.25) is 0 Å². The first-order chi connectivity index (χ1) is 5.16. The molecule has 1 rings (SSSR count). The molecule has 0 bridgehead atoms. The van der Waals surface area contributed by atoms with Crippen LogP contribution in [-0.2, 0) is 4.79 Å². The summed E-state index contributed by atoms with van der Waals surface area (Å²) in [5.74, 6) is -0.0446. The minimum absolute atomic E-state index is 0.0446. The number of carbonyl (C=O) groups is 1. The number of ketones is 1. The lowest BCUT2D eigenvalue weighted by atomic mass is 10.0. The van der Waals surface area contributed by atoms with Crippen molar-refractivity contribution in [2.75, 3.05) is 0 Å². The van der Waals surface area contributed by atoms with Gasteiger partial charge in [0.05, 0.1) is 0 Å². The van der Waals surface area contributed by atoms with Crippen LogP contribution in [0, 0.1) is 0 Å². The molecule has 0 fully saturated rings. The molecule has 0 saturated heterocycles. The van der Waals surface area contributed by atoms with Crippen molar-refractivity contribution >= 4 is 5.78 Å². The van der Waals surface area contributed by atoms with Gasteiger partial charge in [-0.2, -0.15) is 0 Å². The van der Waals surface area contributed by atoms with Gasteiger partial charge in [-0.25, -0.2) is 0 Å². The van der Waals surface area contributed by atoms with E-state index in [0.717, 1.165) is 12.0 Å². The molecule has 0 aromatic carbocycles. The summed E-state index contributed by atoms with van der Waals surface area (Å²) < 4.78 is 0. The fourth-order valence-corrected chi connectivity index (χ4v) is 1.16. The van der Waals surface area contributed by atoms with Crippen molar-refractivity contribution in [3.05, 3.63) is 23.3 Å². The summed E-state index contributed by atoms with van der Waals surface area (Å²) in [4.78, 5) is 11.1. The monoisotopic (exact) mass is 152 g/mol. The number of hydrogen-bond donors (Lipinski definition) is 1.